The number of anilines is 1. The molecule has 0 radical (unpaired) electrons. The normalized spacial score (nSPS) is 10.2. The van der Waals surface area contributed by atoms with Crippen LogP contribution in [0, 0.1) is 12.7 Å². The summed E-state index contributed by atoms with van der Waals surface area (Å²) in [7, 11) is 0. The molecule has 0 heterocycles. The molecule has 0 aliphatic heterocycles. The minimum atomic E-state index is -0.545. The van der Waals surface area contributed by atoms with Crippen LogP contribution in [0.25, 0.3) is 0 Å². The first kappa shape index (κ1) is 12.9. The van der Waals surface area contributed by atoms with Crippen molar-refractivity contribution >= 4 is 11.6 Å². The van der Waals surface area contributed by atoms with Crippen LogP contribution in [0.2, 0.25) is 0 Å². The summed E-state index contributed by atoms with van der Waals surface area (Å²) in [6, 6.07) is 7.68. The Kier molecular flexibility index (Phi) is 3.37. The smallest absolute Gasteiger partial charge is 0.255 e. The lowest BCUT2D eigenvalue weighted by Crippen LogP contribution is -2.12. The third-order valence-corrected chi connectivity index (χ3v) is 2.46. The molecule has 19 heavy (non-hydrogen) atoms. The molecule has 98 valence electrons. The van der Waals surface area contributed by atoms with Crippen molar-refractivity contribution in [2.45, 2.75) is 6.92 Å². The standard InChI is InChI=1S/C14H12FNO3/c1-8-2-10(15)6-11(3-8)16-14(19)9-4-12(17)7-13(18)5-9/h2-7,17-18H,1H3,(H,16,19). The summed E-state index contributed by atoms with van der Waals surface area (Å²) >= 11 is 0. The summed E-state index contributed by atoms with van der Waals surface area (Å²) in [6.07, 6.45) is 0. The Balaban J connectivity index is 2.25. The van der Waals surface area contributed by atoms with Crippen molar-refractivity contribution in [1.29, 1.82) is 0 Å². The molecule has 0 atom stereocenters. The molecule has 0 unspecified atom stereocenters. The molecule has 0 fully saturated rings. The number of rotatable bonds is 2. The van der Waals surface area contributed by atoms with Gasteiger partial charge in [0.2, 0.25) is 0 Å². The van der Waals surface area contributed by atoms with E-state index in [1.807, 2.05) is 0 Å². The van der Waals surface area contributed by atoms with Crippen molar-refractivity contribution in [3.8, 4) is 11.5 Å². The first-order valence-corrected chi connectivity index (χ1v) is 5.55. The molecule has 0 saturated heterocycles. The zero-order valence-corrected chi connectivity index (χ0v) is 10.1. The Bertz CT molecular complexity index is 600. The Morgan fingerprint density at radius 1 is 1.05 bits per heavy atom. The minimum Gasteiger partial charge on any atom is -0.508 e. The molecule has 4 nitrogen and oxygen atoms in total. The molecule has 0 bridgehead atoms. The Hall–Kier alpha value is -2.56. The highest BCUT2D eigenvalue weighted by Crippen LogP contribution is 2.21. The summed E-state index contributed by atoms with van der Waals surface area (Å²) in [5.74, 6) is -1.44. The summed E-state index contributed by atoms with van der Waals surface area (Å²) in [6.45, 7) is 1.71. The minimum absolute atomic E-state index is 0.0828. The van der Waals surface area contributed by atoms with Crippen LogP contribution in [-0.2, 0) is 0 Å². The quantitative estimate of drug-likeness (QED) is 0.778. The van der Waals surface area contributed by atoms with Gasteiger partial charge in [0.25, 0.3) is 5.91 Å². The highest BCUT2D eigenvalue weighted by atomic mass is 19.1. The molecule has 3 N–H and O–H groups in total. The van der Waals surface area contributed by atoms with E-state index >= 15 is 0 Å². The molecule has 2 aromatic carbocycles. The number of aromatic hydroxyl groups is 2. The van der Waals surface area contributed by atoms with Gasteiger partial charge in [-0.3, -0.25) is 4.79 Å². The van der Waals surface area contributed by atoms with Crippen LogP contribution in [0.3, 0.4) is 0 Å². The Labute approximate surface area is 109 Å². The number of phenols is 2. The summed E-state index contributed by atoms with van der Waals surface area (Å²) < 4.78 is 13.2. The Morgan fingerprint density at radius 2 is 1.68 bits per heavy atom. The van der Waals surface area contributed by atoms with Crippen LogP contribution < -0.4 is 5.32 Å². The van der Waals surface area contributed by atoms with E-state index in [0.29, 0.717) is 11.3 Å². The zero-order valence-electron chi connectivity index (χ0n) is 10.1. The summed E-state index contributed by atoms with van der Waals surface area (Å²) in [5.41, 5.74) is 1.07. The van der Waals surface area contributed by atoms with Crippen molar-refractivity contribution < 1.29 is 19.4 Å². The number of nitrogens with one attached hydrogen (secondary N) is 1. The number of carbonyl (C=O) groups excluding carboxylic acids is 1. The Morgan fingerprint density at radius 3 is 2.26 bits per heavy atom. The largest absolute Gasteiger partial charge is 0.508 e. The van der Waals surface area contributed by atoms with Gasteiger partial charge in [-0.25, -0.2) is 4.39 Å². The fourth-order valence-electron chi connectivity index (χ4n) is 1.74. The van der Waals surface area contributed by atoms with Gasteiger partial charge in [-0.1, -0.05) is 0 Å². The van der Waals surface area contributed by atoms with Crippen LogP contribution in [0.4, 0.5) is 10.1 Å². The number of halogens is 1. The van der Waals surface area contributed by atoms with Crippen molar-refractivity contribution in [3.05, 3.63) is 53.3 Å². The first-order chi connectivity index (χ1) is 8.94. The van der Waals surface area contributed by atoms with Gasteiger partial charge in [-0.05, 0) is 42.8 Å². The van der Waals surface area contributed by atoms with E-state index in [4.69, 9.17) is 0 Å². The third-order valence-electron chi connectivity index (χ3n) is 2.46. The third kappa shape index (κ3) is 3.22. The molecule has 0 aliphatic carbocycles. The van der Waals surface area contributed by atoms with Gasteiger partial charge in [0.1, 0.15) is 17.3 Å². The van der Waals surface area contributed by atoms with Gasteiger partial charge >= 0.3 is 0 Å². The van der Waals surface area contributed by atoms with Gasteiger partial charge in [0.15, 0.2) is 0 Å². The highest BCUT2D eigenvalue weighted by molar-refractivity contribution is 6.04. The molecule has 0 aliphatic rings. The molecular formula is C14H12FNO3. The lowest BCUT2D eigenvalue weighted by Gasteiger charge is -2.07. The molecular weight excluding hydrogens is 249 g/mol. The molecule has 0 saturated carbocycles. The number of phenolic OH excluding ortho intramolecular Hbond substituents is 2. The van der Waals surface area contributed by atoms with Crippen LogP contribution in [-0.4, -0.2) is 16.1 Å². The van der Waals surface area contributed by atoms with Crippen molar-refractivity contribution in [1.82, 2.24) is 0 Å². The molecule has 0 aromatic heterocycles. The van der Waals surface area contributed by atoms with E-state index in [1.165, 1.54) is 24.3 Å². The van der Waals surface area contributed by atoms with Gasteiger partial charge in [0.05, 0.1) is 0 Å². The van der Waals surface area contributed by atoms with Gasteiger partial charge < -0.3 is 15.5 Å². The molecule has 2 rings (SSSR count). The number of hydrogen-bond donors (Lipinski definition) is 3. The van der Waals surface area contributed by atoms with Crippen molar-refractivity contribution in [3.63, 3.8) is 0 Å². The predicted octanol–water partition coefficient (Wildman–Crippen LogP) is 2.80. The van der Waals surface area contributed by atoms with Crippen LogP contribution >= 0.6 is 0 Å². The molecule has 1 amide bonds. The van der Waals surface area contributed by atoms with Crippen LogP contribution in [0.15, 0.2) is 36.4 Å². The van der Waals surface area contributed by atoms with Crippen LogP contribution in [0.1, 0.15) is 15.9 Å². The first-order valence-electron chi connectivity index (χ1n) is 5.55. The average Bonchev–Trinajstić information content (AvgIpc) is 2.25. The monoisotopic (exact) mass is 261 g/mol. The second kappa shape index (κ2) is 4.97. The maximum absolute atomic E-state index is 13.2. The molecule has 0 spiro atoms. The maximum Gasteiger partial charge on any atom is 0.255 e. The van der Waals surface area contributed by atoms with E-state index in [2.05, 4.69) is 5.32 Å². The number of hydrogen-bond acceptors (Lipinski definition) is 3. The van der Waals surface area contributed by atoms with Crippen molar-refractivity contribution in [2.24, 2.45) is 0 Å². The molecule has 2 aromatic rings. The number of amides is 1. The van der Waals surface area contributed by atoms with Crippen molar-refractivity contribution in [2.75, 3.05) is 5.32 Å². The van der Waals surface area contributed by atoms with E-state index in [0.717, 1.165) is 6.07 Å². The summed E-state index contributed by atoms with van der Waals surface area (Å²) in [4.78, 5) is 11.9. The fourth-order valence-corrected chi connectivity index (χ4v) is 1.74. The predicted molar refractivity (Wildman–Crippen MR) is 68.9 cm³/mol. The van der Waals surface area contributed by atoms with E-state index in [-0.39, 0.29) is 17.1 Å². The lowest BCUT2D eigenvalue weighted by atomic mass is 10.1. The van der Waals surface area contributed by atoms with Crippen LogP contribution in [0.5, 0.6) is 11.5 Å². The SMILES string of the molecule is Cc1cc(F)cc(NC(=O)c2cc(O)cc(O)c2)c1. The number of carbonyl (C=O) groups is 1. The van der Waals surface area contributed by atoms with Gasteiger partial charge in [-0.2, -0.15) is 0 Å². The number of aryl methyl sites for hydroxylation is 1. The lowest BCUT2D eigenvalue weighted by molar-refractivity contribution is 0.102. The average molecular weight is 261 g/mol. The zero-order chi connectivity index (χ0) is 14.0. The van der Waals surface area contributed by atoms with E-state index < -0.39 is 11.7 Å². The van der Waals surface area contributed by atoms with Gasteiger partial charge in [-0.15, -0.1) is 0 Å². The fraction of sp³-hybridized carbons (Fsp3) is 0.0714. The second-order valence-corrected chi connectivity index (χ2v) is 4.21. The van der Waals surface area contributed by atoms with E-state index in [9.17, 15) is 19.4 Å². The van der Waals surface area contributed by atoms with Gasteiger partial charge in [0, 0.05) is 17.3 Å². The topological polar surface area (TPSA) is 69.6 Å². The number of benzene rings is 2. The maximum atomic E-state index is 13.2. The highest BCUT2D eigenvalue weighted by Gasteiger charge is 2.09. The molecule has 5 heteroatoms. The second-order valence-electron chi connectivity index (χ2n) is 4.21. The summed E-state index contributed by atoms with van der Waals surface area (Å²) in [5, 5.41) is 21.1. The van der Waals surface area contributed by atoms with E-state index in [1.54, 1.807) is 13.0 Å².